The van der Waals surface area contributed by atoms with Gasteiger partial charge in [0.2, 0.25) is 0 Å². The molecule has 0 aliphatic heterocycles. The van der Waals surface area contributed by atoms with Crippen molar-refractivity contribution in [2.75, 3.05) is 0 Å². The van der Waals surface area contributed by atoms with Crippen LogP contribution in [-0.2, 0) is 13.6 Å². The van der Waals surface area contributed by atoms with E-state index in [1.807, 2.05) is 19.1 Å². The maximum atomic E-state index is 11.1. The van der Waals surface area contributed by atoms with Gasteiger partial charge in [-0.05, 0) is 6.92 Å². The molecule has 0 aliphatic carbocycles. The Bertz CT molecular complexity index is 308. The van der Waals surface area contributed by atoms with Gasteiger partial charge in [-0.15, -0.1) is 0 Å². The second kappa shape index (κ2) is 3.18. The zero-order chi connectivity index (χ0) is 8.27. The normalized spacial score (nSPS) is 11.1. The number of nitrogens with zero attached hydrogens (tertiary/aromatic N) is 3. The Labute approximate surface area is 64.8 Å². The van der Waals surface area contributed by atoms with Gasteiger partial charge in [-0.25, -0.2) is 9.48 Å². The van der Waals surface area contributed by atoms with Gasteiger partial charge in [-0.2, -0.15) is 5.10 Å². The van der Waals surface area contributed by atoms with Gasteiger partial charge in [-0.3, -0.25) is 4.57 Å². The highest BCUT2D eigenvalue weighted by Crippen LogP contribution is 1.78. The predicted molar refractivity (Wildman–Crippen MR) is 42.3 cm³/mol. The first-order valence-electron chi connectivity index (χ1n) is 3.45. The minimum Gasteiger partial charge on any atom is -0.285 e. The Morgan fingerprint density at radius 1 is 1.73 bits per heavy atom. The summed E-state index contributed by atoms with van der Waals surface area (Å²) in [6.07, 6.45) is 5.28. The van der Waals surface area contributed by atoms with Gasteiger partial charge in [0.25, 0.3) is 0 Å². The molecule has 0 radical (unpaired) electrons. The van der Waals surface area contributed by atoms with Crippen molar-refractivity contribution in [2.24, 2.45) is 7.05 Å². The Morgan fingerprint density at radius 2 is 2.45 bits per heavy atom. The van der Waals surface area contributed by atoms with E-state index in [-0.39, 0.29) is 5.69 Å². The van der Waals surface area contributed by atoms with Crippen molar-refractivity contribution in [3.8, 4) is 0 Å². The molecule has 4 heteroatoms. The highest BCUT2D eigenvalue weighted by atomic mass is 16.2. The summed E-state index contributed by atoms with van der Waals surface area (Å²) in [5.74, 6) is 0. The zero-order valence-corrected chi connectivity index (χ0v) is 6.69. The first-order chi connectivity index (χ1) is 5.25. The van der Waals surface area contributed by atoms with Gasteiger partial charge in [0.05, 0.1) is 6.54 Å². The molecule has 0 amide bonds. The maximum absolute atomic E-state index is 11.1. The summed E-state index contributed by atoms with van der Waals surface area (Å²) in [7, 11) is 1.68. The first-order valence-corrected chi connectivity index (χ1v) is 3.45. The third-order valence-electron chi connectivity index (χ3n) is 1.40. The van der Waals surface area contributed by atoms with Crippen molar-refractivity contribution in [3.63, 3.8) is 0 Å². The van der Waals surface area contributed by atoms with Gasteiger partial charge in [0, 0.05) is 7.05 Å². The molecule has 1 aromatic heterocycles. The van der Waals surface area contributed by atoms with Gasteiger partial charge in [-0.1, -0.05) is 12.2 Å². The first kappa shape index (κ1) is 7.78. The molecule has 0 saturated carbocycles. The average Bonchev–Trinajstić information content (AvgIpc) is 2.31. The molecule has 0 fully saturated rings. The van der Waals surface area contributed by atoms with E-state index in [0.717, 1.165) is 0 Å². The number of rotatable bonds is 2. The Kier molecular flexibility index (Phi) is 2.25. The van der Waals surface area contributed by atoms with E-state index in [2.05, 4.69) is 5.10 Å². The van der Waals surface area contributed by atoms with Gasteiger partial charge in [0.1, 0.15) is 6.33 Å². The van der Waals surface area contributed by atoms with Crippen LogP contribution >= 0.6 is 0 Å². The summed E-state index contributed by atoms with van der Waals surface area (Å²) in [6.45, 7) is 2.46. The highest BCUT2D eigenvalue weighted by molar-refractivity contribution is 4.78. The lowest BCUT2D eigenvalue weighted by Crippen LogP contribution is -2.22. The Morgan fingerprint density at radius 3 is 2.91 bits per heavy atom. The van der Waals surface area contributed by atoms with Crippen molar-refractivity contribution in [1.82, 2.24) is 14.3 Å². The monoisotopic (exact) mass is 153 g/mol. The number of aryl methyl sites for hydroxylation is 1. The number of aromatic nitrogens is 3. The molecule has 1 heterocycles. The molecule has 0 N–H and O–H groups in total. The molecule has 11 heavy (non-hydrogen) atoms. The van der Waals surface area contributed by atoms with E-state index in [1.54, 1.807) is 7.05 Å². The van der Waals surface area contributed by atoms with E-state index in [1.165, 1.54) is 15.6 Å². The predicted octanol–water partition coefficient (Wildman–Crippen LogP) is 0.158. The van der Waals surface area contributed by atoms with Crippen LogP contribution in [0.5, 0.6) is 0 Å². The minimum atomic E-state index is -0.0805. The van der Waals surface area contributed by atoms with Crippen molar-refractivity contribution < 1.29 is 0 Å². The molecular formula is C7H11N3O. The molecule has 60 valence electrons. The topological polar surface area (TPSA) is 39.8 Å². The molecule has 0 aromatic carbocycles. The van der Waals surface area contributed by atoms with Gasteiger partial charge >= 0.3 is 5.69 Å². The molecule has 0 saturated heterocycles. The van der Waals surface area contributed by atoms with Crippen LogP contribution < -0.4 is 5.69 Å². The molecule has 0 aliphatic rings. The van der Waals surface area contributed by atoms with E-state index in [0.29, 0.717) is 6.54 Å². The lowest BCUT2D eigenvalue weighted by Gasteiger charge is -1.89. The van der Waals surface area contributed by atoms with Crippen LogP contribution in [0.3, 0.4) is 0 Å². The van der Waals surface area contributed by atoms with Crippen LogP contribution in [0.4, 0.5) is 0 Å². The Balaban J connectivity index is 2.87. The lowest BCUT2D eigenvalue weighted by molar-refractivity contribution is 0.659. The third-order valence-corrected chi connectivity index (χ3v) is 1.40. The van der Waals surface area contributed by atoms with Crippen LogP contribution in [0.1, 0.15) is 6.92 Å². The van der Waals surface area contributed by atoms with Crippen LogP contribution in [0.25, 0.3) is 0 Å². The minimum absolute atomic E-state index is 0.0805. The van der Waals surface area contributed by atoms with Crippen molar-refractivity contribution in [2.45, 2.75) is 13.5 Å². The molecule has 0 spiro atoms. The summed E-state index contributed by atoms with van der Waals surface area (Å²) in [6, 6.07) is 0. The van der Waals surface area contributed by atoms with Crippen LogP contribution in [0.15, 0.2) is 23.3 Å². The van der Waals surface area contributed by atoms with Crippen LogP contribution in [0.2, 0.25) is 0 Å². The Hall–Kier alpha value is -1.32. The number of allylic oxidation sites excluding steroid dienone is 2. The van der Waals surface area contributed by atoms with Crippen molar-refractivity contribution in [3.05, 3.63) is 29.0 Å². The zero-order valence-electron chi connectivity index (χ0n) is 6.69. The summed E-state index contributed by atoms with van der Waals surface area (Å²) >= 11 is 0. The van der Waals surface area contributed by atoms with Crippen LogP contribution in [0, 0.1) is 0 Å². The molecule has 1 aromatic rings. The fourth-order valence-corrected chi connectivity index (χ4v) is 0.751. The third kappa shape index (κ3) is 1.58. The maximum Gasteiger partial charge on any atom is 0.345 e. The smallest absolute Gasteiger partial charge is 0.285 e. The fraction of sp³-hybridized carbons (Fsp3) is 0.429. The van der Waals surface area contributed by atoms with Gasteiger partial charge in [0.15, 0.2) is 0 Å². The fourth-order valence-electron chi connectivity index (χ4n) is 0.751. The van der Waals surface area contributed by atoms with E-state index < -0.39 is 0 Å². The molecule has 4 nitrogen and oxygen atoms in total. The summed E-state index contributed by atoms with van der Waals surface area (Å²) in [5, 5.41) is 3.87. The molecule has 0 unspecified atom stereocenters. The second-order valence-electron chi connectivity index (χ2n) is 2.28. The molecule has 1 rings (SSSR count). The second-order valence-corrected chi connectivity index (χ2v) is 2.28. The van der Waals surface area contributed by atoms with Crippen molar-refractivity contribution >= 4 is 0 Å². The van der Waals surface area contributed by atoms with E-state index >= 15 is 0 Å². The molecule has 0 bridgehead atoms. The number of hydrogen-bond acceptors (Lipinski definition) is 2. The molecular weight excluding hydrogens is 142 g/mol. The standard InChI is InChI=1S/C7H11N3O/c1-3-4-5-10-7(11)9(2)6-8-10/h3-4,6H,5H2,1-2H3/b4-3+. The number of hydrogen-bond donors (Lipinski definition) is 0. The lowest BCUT2D eigenvalue weighted by atomic mass is 10.5. The molecule has 0 atom stereocenters. The summed E-state index contributed by atoms with van der Waals surface area (Å²) in [4.78, 5) is 11.1. The average molecular weight is 153 g/mol. The van der Waals surface area contributed by atoms with Crippen molar-refractivity contribution in [1.29, 1.82) is 0 Å². The summed E-state index contributed by atoms with van der Waals surface area (Å²) in [5.41, 5.74) is -0.0805. The van der Waals surface area contributed by atoms with Crippen LogP contribution in [-0.4, -0.2) is 14.3 Å². The largest absolute Gasteiger partial charge is 0.345 e. The SMILES string of the molecule is C/C=C/Cn1ncn(C)c1=O. The quantitative estimate of drug-likeness (QED) is 0.568. The highest BCUT2D eigenvalue weighted by Gasteiger charge is 1.96. The summed E-state index contributed by atoms with van der Waals surface area (Å²) < 4.78 is 2.85. The van der Waals surface area contributed by atoms with Gasteiger partial charge < -0.3 is 0 Å². The van der Waals surface area contributed by atoms with E-state index in [4.69, 9.17) is 0 Å². The van der Waals surface area contributed by atoms with E-state index in [9.17, 15) is 4.79 Å².